The van der Waals surface area contributed by atoms with Crippen LogP contribution in [0.4, 0.5) is 0 Å². The molecule has 1 aromatic rings. The Hall–Kier alpha value is 0.1000. The Kier molecular flexibility index (Phi) is 4.86. The van der Waals surface area contributed by atoms with Crippen molar-refractivity contribution < 1.29 is 0 Å². The molecule has 0 aliphatic carbocycles. The molecule has 1 atom stereocenters. The minimum atomic E-state index is 0.336. The van der Waals surface area contributed by atoms with Gasteiger partial charge < -0.3 is 5.32 Å². The summed E-state index contributed by atoms with van der Waals surface area (Å²) >= 11 is 5.41. The lowest BCUT2D eigenvalue weighted by atomic mass is 9.87. The molecule has 1 aliphatic rings. The molecule has 1 aliphatic heterocycles. The SMILES string of the molecule is CCC1(CC)CNC(C)CN1Cc1cc(Br)cs1. The van der Waals surface area contributed by atoms with Crippen LogP contribution in [0, 0.1) is 0 Å². The number of hydrogen-bond acceptors (Lipinski definition) is 3. The molecule has 0 spiro atoms. The van der Waals surface area contributed by atoms with Gasteiger partial charge in [-0.1, -0.05) is 13.8 Å². The average molecular weight is 331 g/mol. The third kappa shape index (κ3) is 2.98. The second-order valence-corrected chi connectivity index (χ2v) is 7.24. The molecule has 0 amide bonds. The third-order valence-corrected chi connectivity index (χ3v) is 5.91. The summed E-state index contributed by atoms with van der Waals surface area (Å²) in [4.78, 5) is 4.15. The van der Waals surface area contributed by atoms with E-state index in [2.05, 4.69) is 58.4 Å². The number of rotatable bonds is 4. The zero-order chi connectivity index (χ0) is 13.2. The number of hydrogen-bond donors (Lipinski definition) is 1. The minimum absolute atomic E-state index is 0.336. The van der Waals surface area contributed by atoms with Crippen molar-refractivity contribution >= 4 is 27.3 Å². The van der Waals surface area contributed by atoms with Gasteiger partial charge in [0.05, 0.1) is 0 Å². The van der Waals surface area contributed by atoms with Crippen molar-refractivity contribution in [3.05, 3.63) is 20.8 Å². The average Bonchev–Trinajstić information content (AvgIpc) is 2.76. The lowest BCUT2D eigenvalue weighted by molar-refractivity contribution is 0.0287. The molecule has 4 heteroatoms. The summed E-state index contributed by atoms with van der Waals surface area (Å²) in [5.41, 5.74) is 0.336. The van der Waals surface area contributed by atoms with Crippen LogP contribution in [0.1, 0.15) is 38.5 Å². The molecule has 1 N–H and O–H groups in total. The number of piperazine rings is 1. The smallest absolute Gasteiger partial charge is 0.0335 e. The van der Waals surface area contributed by atoms with Gasteiger partial charge >= 0.3 is 0 Å². The van der Waals surface area contributed by atoms with E-state index in [1.807, 2.05) is 11.3 Å². The van der Waals surface area contributed by atoms with Crippen LogP contribution in [0.3, 0.4) is 0 Å². The third-order valence-electron chi connectivity index (χ3n) is 4.23. The van der Waals surface area contributed by atoms with E-state index in [0.29, 0.717) is 11.6 Å². The molecule has 1 unspecified atom stereocenters. The number of thiophene rings is 1. The van der Waals surface area contributed by atoms with Crippen molar-refractivity contribution in [1.82, 2.24) is 10.2 Å². The van der Waals surface area contributed by atoms with E-state index < -0.39 is 0 Å². The Bertz CT molecular complexity index is 387. The largest absolute Gasteiger partial charge is 0.311 e. The Morgan fingerprint density at radius 2 is 2.22 bits per heavy atom. The van der Waals surface area contributed by atoms with Crippen molar-refractivity contribution in [1.29, 1.82) is 0 Å². The monoisotopic (exact) mass is 330 g/mol. The minimum Gasteiger partial charge on any atom is -0.311 e. The highest BCUT2D eigenvalue weighted by Crippen LogP contribution is 2.30. The second kappa shape index (κ2) is 6.04. The zero-order valence-electron chi connectivity index (χ0n) is 11.5. The van der Waals surface area contributed by atoms with Gasteiger partial charge in [-0.3, -0.25) is 4.90 Å². The van der Waals surface area contributed by atoms with Gasteiger partial charge in [0.1, 0.15) is 0 Å². The predicted molar refractivity (Wildman–Crippen MR) is 83.2 cm³/mol. The van der Waals surface area contributed by atoms with Gasteiger partial charge in [-0.25, -0.2) is 0 Å². The summed E-state index contributed by atoms with van der Waals surface area (Å²) < 4.78 is 1.21. The lowest BCUT2D eigenvalue weighted by Crippen LogP contribution is -2.63. The molecular formula is C14H23BrN2S. The van der Waals surface area contributed by atoms with Crippen molar-refractivity contribution in [2.75, 3.05) is 13.1 Å². The molecule has 2 nitrogen and oxygen atoms in total. The fraction of sp³-hybridized carbons (Fsp3) is 0.714. The molecule has 0 bridgehead atoms. The van der Waals surface area contributed by atoms with E-state index in [1.54, 1.807) is 0 Å². The van der Waals surface area contributed by atoms with Crippen LogP contribution in [0.2, 0.25) is 0 Å². The first-order valence-corrected chi connectivity index (χ1v) is 8.48. The van der Waals surface area contributed by atoms with Crippen molar-refractivity contribution in [2.45, 2.75) is 51.7 Å². The summed E-state index contributed by atoms with van der Waals surface area (Å²) in [7, 11) is 0. The Labute approximate surface area is 123 Å². The quantitative estimate of drug-likeness (QED) is 0.901. The molecule has 0 radical (unpaired) electrons. The molecule has 102 valence electrons. The summed E-state index contributed by atoms with van der Waals surface area (Å²) in [5, 5.41) is 5.83. The van der Waals surface area contributed by atoms with Crippen LogP contribution >= 0.6 is 27.3 Å². The van der Waals surface area contributed by atoms with Crippen LogP contribution in [0.5, 0.6) is 0 Å². The zero-order valence-corrected chi connectivity index (χ0v) is 13.9. The van der Waals surface area contributed by atoms with Crippen molar-refractivity contribution in [2.24, 2.45) is 0 Å². The first kappa shape index (κ1) is 14.5. The van der Waals surface area contributed by atoms with Crippen LogP contribution < -0.4 is 5.32 Å². The van der Waals surface area contributed by atoms with Gasteiger partial charge in [0.15, 0.2) is 0 Å². The van der Waals surface area contributed by atoms with Gasteiger partial charge in [0, 0.05) is 45.9 Å². The van der Waals surface area contributed by atoms with E-state index in [1.165, 1.54) is 22.2 Å². The second-order valence-electron chi connectivity index (χ2n) is 5.33. The summed E-state index contributed by atoms with van der Waals surface area (Å²) in [5.74, 6) is 0. The van der Waals surface area contributed by atoms with E-state index >= 15 is 0 Å². The molecule has 1 fully saturated rings. The Morgan fingerprint density at radius 1 is 1.50 bits per heavy atom. The molecule has 2 heterocycles. The topological polar surface area (TPSA) is 15.3 Å². The first-order valence-electron chi connectivity index (χ1n) is 6.81. The van der Waals surface area contributed by atoms with Crippen LogP contribution in [0.15, 0.2) is 15.9 Å². The fourth-order valence-corrected chi connectivity index (χ4v) is 4.33. The summed E-state index contributed by atoms with van der Waals surface area (Å²) in [6, 6.07) is 2.85. The predicted octanol–water partition coefficient (Wildman–Crippen LogP) is 3.86. The van der Waals surface area contributed by atoms with Gasteiger partial charge in [-0.15, -0.1) is 11.3 Å². The van der Waals surface area contributed by atoms with Crippen LogP contribution in [-0.4, -0.2) is 29.6 Å². The maximum absolute atomic E-state index is 3.65. The number of nitrogens with one attached hydrogen (secondary N) is 1. The van der Waals surface area contributed by atoms with Crippen molar-refractivity contribution in [3.8, 4) is 0 Å². The molecular weight excluding hydrogens is 308 g/mol. The van der Waals surface area contributed by atoms with E-state index in [0.717, 1.165) is 19.6 Å². The maximum Gasteiger partial charge on any atom is 0.0335 e. The van der Waals surface area contributed by atoms with Crippen LogP contribution in [-0.2, 0) is 6.54 Å². The number of nitrogens with zero attached hydrogens (tertiary/aromatic N) is 1. The lowest BCUT2D eigenvalue weighted by Gasteiger charge is -2.49. The summed E-state index contributed by atoms with van der Waals surface area (Å²) in [6.07, 6.45) is 2.44. The maximum atomic E-state index is 3.65. The van der Waals surface area contributed by atoms with E-state index in [4.69, 9.17) is 0 Å². The molecule has 1 saturated heterocycles. The normalized spacial score (nSPS) is 24.3. The van der Waals surface area contributed by atoms with Gasteiger partial charge in [0.25, 0.3) is 0 Å². The highest BCUT2D eigenvalue weighted by molar-refractivity contribution is 9.10. The van der Waals surface area contributed by atoms with Crippen LogP contribution in [0.25, 0.3) is 0 Å². The highest BCUT2D eigenvalue weighted by atomic mass is 79.9. The first-order chi connectivity index (χ1) is 8.59. The van der Waals surface area contributed by atoms with Gasteiger partial charge in [-0.2, -0.15) is 0 Å². The number of halogens is 1. The van der Waals surface area contributed by atoms with E-state index in [9.17, 15) is 0 Å². The van der Waals surface area contributed by atoms with Crippen molar-refractivity contribution in [3.63, 3.8) is 0 Å². The van der Waals surface area contributed by atoms with Gasteiger partial charge in [0.2, 0.25) is 0 Å². The summed E-state index contributed by atoms with van der Waals surface area (Å²) in [6.45, 7) is 10.3. The molecule has 1 aromatic heterocycles. The Morgan fingerprint density at radius 3 is 2.78 bits per heavy atom. The highest BCUT2D eigenvalue weighted by Gasteiger charge is 2.37. The molecule has 0 saturated carbocycles. The van der Waals surface area contributed by atoms with Gasteiger partial charge in [-0.05, 0) is 41.8 Å². The standard InChI is InChI=1S/C14H23BrN2S/c1-4-14(5-2)10-16-11(3)7-17(14)8-13-6-12(15)9-18-13/h6,9,11,16H,4-5,7-8,10H2,1-3H3. The Balaban J connectivity index is 2.15. The fourth-order valence-electron chi connectivity index (χ4n) is 2.87. The van der Waals surface area contributed by atoms with E-state index in [-0.39, 0.29) is 0 Å². The molecule has 2 rings (SSSR count). The molecule has 0 aromatic carbocycles. The molecule has 18 heavy (non-hydrogen) atoms.